The molecule has 0 saturated heterocycles. The van der Waals surface area contributed by atoms with Gasteiger partial charge in [-0.15, -0.1) is 11.8 Å². The van der Waals surface area contributed by atoms with Crippen LogP contribution >= 0.6 is 11.8 Å². The van der Waals surface area contributed by atoms with Gasteiger partial charge in [0.2, 0.25) is 5.89 Å². The molecule has 96 valence electrons. The molecule has 0 atom stereocenters. The summed E-state index contributed by atoms with van der Waals surface area (Å²) in [6.07, 6.45) is 0. The number of nitrogens with two attached hydrogens (primary N) is 1. The van der Waals surface area contributed by atoms with Gasteiger partial charge in [0.25, 0.3) is 0 Å². The van der Waals surface area contributed by atoms with Crippen molar-refractivity contribution in [3.63, 3.8) is 0 Å². The van der Waals surface area contributed by atoms with E-state index in [9.17, 15) is 4.79 Å². The van der Waals surface area contributed by atoms with Gasteiger partial charge in [0.05, 0.1) is 23.7 Å². The third-order valence-corrected chi connectivity index (χ3v) is 2.69. The summed E-state index contributed by atoms with van der Waals surface area (Å²) in [4.78, 5) is 15.2. The van der Waals surface area contributed by atoms with E-state index in [0.717, 1.165) is 0 Å². The number of esters is 1. The van der Waals surface area contributed by atoms with Crippen molar-refractivity contribution in [2.45, 2.75) is 32.1 Å². The van der Waals surface area contributed by atoms with E-state index in [-0.39, 0.29) is 11.7 Å². The highest BCUT2D eigenvalue weighted by Gasteiger charge is 2.21. The van der Waals surface area contributed by atoms with Crippen LogP contribution in [0.4, 0.5) is 0 Å². The molecule has 0 radical (unpaired) electrons. The fourth-order valence-corrected chi connectivity index (χ4v) is 1.64. The Kier molecular flexibility index (Phi) is 4.95. The predicted molar refractivity (Wildman–Crippen MR) is 64.3 cm³/mol. The van der Waals surface area contributed by atoms with Crippen molar-refractivity contribution in [2.75, 3.05) is 12.4 Å². The van der Waals surface area contributed by atoms with Gasteiger partial charge in [-0.1, -0.05) is 5.16 Å². The third kappa shape index (κ3) is 4.74. The number of ether oxygens (including phenoxy) is 1. The first-order valence-electron chi connectivity index (χ1n) is 5.28. The molecule has 0 aliphatic rings. The number of carbonyl (C=O) groups is 1. The van der Waals surface area contributed by atoms with E-state index in [1.54, 1.807) is 20.8 Å². The van der Waals surface area contributed by atoms with Crippen LogP contribution in [0.3, 0.4) is 0 Å². The molecule has 1 aromatic heterocycles. The minimum absolute atomic E-state index is 0.239. The maximum Gasteiger partial charge on any atom is 0.315 e. The number of rotatable bonds is 6. The van der Waals surface area contributed by atoms with Crippen molar-refractivity contribution in [3.8, 4) is 0 Å². The normalized spacial score (nSPS) is 11.5. The van der Waals surface area contributed by atoms with E-state index < -0.39 is 5.54 Å². The van der Waals surface area contributed by atoms with Crippen LogP contribution in [0.15, 0.2) is 4.52 Å². The maximum absolute atomic E-state index is 11.1. The van der Waals surface area contributed by atoms with Crippen LogP contribution in [0.2, 0.25) is 0 Å². The Labute approximate surface area is 104 Å². The Hall–Kier alpha value is -1.08. The molecule has 6 nitrogen and oxygen atoms in total. The minimum atomic E-state index is -0.618. The van der Waals surface area contributed by atoms with Gasteiger partial charge in [-0.25, -0.2) is 0 Å². The number of hydrogen-bond donors (Lipinski definition) is 1. The first-order valence-corrected chi connectivity index (χ1v) is 6.44. The van der Waals surface area contributed by atoms with Gasteiger partial charge >= 0.3 is 5.97 Å². The van der Waals surface area contributed by atoms with Crippen LogP contribution in [0.25, 0.3) is 0 Å². The largest absolute Gasteiger partial charge is 0.465 e. The summed E-state index contributed by atoms with van der Waals surface area (Å²) < 4.78 is 9.81. The molecule has 0 aromatic carbocycles. The van der Waals surface area contributed by atoms with Crippen molar-refractivity contribution < 1.29 is 14.1 Å². The molecule has 1 heterocycles. The Bertz CT molecular complexity index is 373. The fraction of sp³-hybridized carbons (Fsp3) is 0.700. The molecule has 0 spiro atoms. The summed E-state index contributed by atoms with van der Waals surface area (Å²) in [5, 5.41) is 3.78. The van der Waals surface area contributed by atoms with E-state index in [4.69, 9.17) is 15.0 Å². The lowest BCUT2D eigenvalue weighted by Crippen LogP contribution is -2.30. The summed E-state index contributed by atoms with van der Waals surface area (Å²) in [7, 11) is 0. The van der Waals surface area contributed by atoms with Crippen LogP contribution in [0.5, 0.6) is 0 Å². The van der Waals surface area contributed by atoms with Gasteiger partial charge in [0, 0.05) is 0 Å². The lowest BCUT2D eigenvalue weighted by Gasteiger charge is -2.11. The second-order valence-corrected chi connectivity index (χ2v) is 5.02. The summed E-state index contributed by atoms with van der Waals surface area (Å²) in [6, 6.07) is 0. The van der Waals surface area contributed by atoms with Crippen molar-refractivity contribution in [1.29, 1.82) is 0 Å². The average Bonchev–Trinajstić information content (AvgIpc) is 2.66. The highest BCUT2D eigenvalue weighted by molar-refractivity contribution is 7.99. The Morgan fingerprint density at radius 3 is 2.82 bits per heavy atom. The third-order valence-electron chi connectivity index (χ3n) is 1.80. The quantitative estimate of drug-likeness (QED) is 0.764. The Morgan fingerprint density at radius 1 is 1.59 bits per heavy atom. The number of nitrogens with zero attached hydrogens (tertiary/aromatic N) is 2. The number of hydrogen-bond acceptors (Lipinski definition) is 7. The molecule has 0 aliphatic carbocycles. The molecule has 2 N–H and O–H groups in total. The minimum Gasteiger partial charge on any atom is -0.465 e. The molecule has 1 aromatic rings. The van der Waals surface area contributed by atoms with Gasteiger partial charge in [-0.3, -0.25) is 4.79 Å². The summed E-state index contributed by atoms with van der Waals surface area (Å²) >= 11 is 1.37. The van der Waals surface area contributed by atoms with Crippen LogP contribution in [-0.4, -0.2) is 28.5 Å². The molecule has 0 saturated carbocycles. The smallest absolute Gasteiger partial charge is 0.315 e. The molecule has 0 unspecified atom stereocenters. The molecule has 17 heavy (non-hydrogen) atoms. The molecule has 0 aliphatic heterocycles. The first-order chi connectivity index (χ1) is 7.93. The van der Waals surface area contributed by atoms with Gasteiger partial charge in [0.15, 0.2) is 5.82 Å². The topological polar surface area (TPSA) is 91.2 Å². The standard InChI is InChI=1S/C10H17N3O3S/c1-4-15-8(14)6-17-5-7-12-9(13-16-7)10(2,3)11/h4-6,11H2,1-3H3. The van der Waals surface area contributed by atoms with Gasteiger partial charge in [-0.05, 0) is 20.8 Å². The van der Waals surface area contributed by atoms with E-state index in [2.05, 4.69) is 10.1 Å². The van der Waals surface area contributed by atoms with Gasteiger partial charge in [0.1, 0.15) is 0 Å². The summed E-state index contributed by atoms with van der Waals surface area (Å²) in [5.74, 6) is 1.44. The molecular formula is C10H17N3O3S. The molecule has 0 fully saturated rings. The van der Waals surface area contributed by atoms with E-state index in [1.165, 1.54) is 11.8 Å². The van der Waals surface area contributed by atoms with Crippen LogP contribution < -0.4 is 5.73 Å². The van der Waals surface area contributed by atoms with Crippen molar-refractivity contribution in [1.82, 2.24) is 10.1 Å². The molecule has 0 bridgehead atoms. The monoisotopic (exact) mass is 259 g/mol. The van der Waals surface area contributed by atoms with Crippen molar-refractivity contribution in [2.24, 2.45) is 5.73 Å². The van der Waals surface area contributed by atoms with Crippen molar-refractivity contribution >= 4 is 17.7 Å². The summed E-state index contributed by atoms with van der Waals surface area (Å²) in [6.45, 7) is 5.77. The molecular weight excluding hydrogens is 242 g/mol. The van der Waals surface area contributed by atoms with Crippen LogP contribution in [-0.2, 0) is 20.8 Å². The molecule has 7 heteroatoms. The second kappa shape index (κ2) is 6.02. The van der Waals surface area contributed by atoms with E-state index in [0.29, 0.717) is 24.1 Å². The van der Waals surface area contributed by atoms with E-state index in [1.807, 2.05) is 0 Å². The SMILES string of the molecule is CCOC(=O)CSCc1nc(C(C)(C)N)no1. The lowest BCUT2D eigenvalue weighted by atomic mass is 10.1. The Morgan fingerprint density at radius 2 is 2.29 bits per heavy atom. The Balaban J connectivity index is 2.38. The van der Waals surface area contributed by atoms with Gasteiger partial charge < -0.3 is 15.0 Å². The highest BCUT2D eigenvalue weighted by Crippen LogP contribution is 2.16. The first kappa shape index (κ1) is 14.0. The lowest BCUT2D eigenvalue weighted by molar-refractivity contribution is -0.139. The van der Waals surface area contributed by atoms with E-state index >= 15 is 0 Å². The fourth-order valence-electron chi connectivity index (χ4n) is 1.000. The second-order valence-electron chi connectivity index (χ2n) is 4.03. The predicted octanol–water partition coefficient (Wildman–Crippen LogP) is 1.06. The van der Waals surface area contributed by atoms with Crippen LogP contribution in [0, 0.1) is 0 Å². The number of aromatic nitrogens is 2. The number of carbonyl (C=O) groups excluding carboxylic acids is 1. The zero-order valence-electron chi connectivity index (χ0n) is 10.2. The molecule has 0 amide bonds. The van der Waals surface area contributed by atoms with Crippen molar-refractivity contribution in [3.05, 3.63) is 11.7 Å². The number of thioether (sulfide) groups is 1. The van der Waals surface area contributed by atoms with Gasteiger partial charge in [-0.2, -0.15) is 4.98 Å². The average molecular weight is 259 g/mol. The zero-order chi connectivity index (χ0) is 12.9. The summed E-state index contributed by atoms with van der Waals surface area (Å²) in [5.41, 5.74) is 5.20. The highest BCUT2D eigenvalue weighted by atomic mass is 32.2. The van der Waals surface area contributed by atoms with Crippen LogP contribution in [0.1, 0.15) is 32.5 Å². The zero-order valence-corrected chi connectivity index (χ0v) is 11.0. The maximum atomic E-state index is 11.1. The molecule has 1 rings (SSSR count).